The number of rotatable bonds is 5. The number of hydrogen-bond donors (Lipinski definition) is 3. The van der Waals surface area contributed by atoms with E-state index in [1.54, 1.807) is 24.4 Å². The Morgan fingerprint density at radius 1 is 1.35 bits per heavy atom. The molecule has 0 saturated carbocycles. The lowest BCUT2D eigenvalue weighted by atomic mass is 10.1. The van der Waals surface area contributed by atoms with Gasteiger partial charge in [-0.25, -0.2) is 0 Å². The molecule has 1 aromatic carbocycles. The number of alkyl halides is 3. The fraction of sp³-hybridized carbons (Fsp3) is 0.308. The van der Waals surface area contributed by atoms with Gasteiger partial charge in [-0.3, -0.25) is 4.79 Å². The van der Waals surface area contributed by atoms with Crippen LogP contribution in [0.2, 0.25) is 0 Å². The summed E-state index contributed by atoms with van der Waals surface area (Å²) in [7, 11) is 0. The highest BCUT2D eigenvalue weighted by molar-refractivity contribution is 5.97. The number of aromatic amines is 1. The van der Waals surface area contributed by atoms with E-state index < -0.39 is 18.6 Å². The Morgan fingerprint density at radius 3 is 2.75 bits per heavy atom. The summed E-state index contributed by atoms with van der Waals surface area (Å²) < 4.78 is 36.0. The van der Waals surface area contributed by atoms with Crippen molar-refractivity contribution in [3.63, 3.8) is 0 Å². The lowest BCUT2D eigenvalue weighted by molar-refractivity contribution is -0.124. The number of amides is 1. The van der Waals surface area contributed by atoms with Crippen molar-refractivity contribution < 1.29 is 18.0 Å². The number of carbonyl (C=O) groups excluding carboxylic acids is 1. The summed E-state index contributed by atoms with van der Waals surface area (Å²) in [5, 5.41) is 3.14. The van der Waals surface area contributed by atoms with Gasteiger partial charge >= 0.3 is 6.18 Å². The second-order valence-electron chi connectivity index (χ2n) is 4.48. The maximum absolute atomic E-state index is 12.0. The van der Waals surface area contributed by atoms with E-state index in [-0.39, 0.29) is 6.54 Å². The molecule has 7 heteroatoms. The number of hydrogen-bond acceptors (Lipinski definition) is 2. The smallest absolute Gasteiger partial charge is 0.366 e. The Kier molecular flexibility index (Phi) is 3.99. The molecule has 1 aromatic heterocycles. The maximum Gasteiger partial charge on any atom is 0.401 e. The maximum atomic E-state index is 12.0. The van der Waals surface area contributed by atoms with Crippen molar-refractivity contribution in [1.82, 2.24) is 10.3 Å². The molecule has 2 rings (SSSR count). The van der Waals surface area contributed by atoms with Crippen LogP contribution in [0.4, 0.5) is 13.2 Å². The quantitative estimate of drug-likeness (QED) is 0.735. The third-order valence-electron chi connectivity index (χ3n) is 2.95. The van der Waals surface area contributed by atoms with E-state index in [0.717, 1.165) is 16.5 Å². The van der Waals surface area contributed by atoms with Gasteiger partial charge in [0.05, 0.1) is 6.54 Å². The molecule has 0 spiro atoms. The third kappa shape index (κ3) is 3.51. The van der Waals surface area contributed by atoms with Crippen LogP contribution in [0.25, 0.3) is 10.9 Å². The van der Waals surface area contributed by atoms with Gasteiger partial charge in [0, 0.05) is 22.7 Å². The molecule has 1 heterocycles. The van der Waals surface area contributed by atoms with Crippen molar-refractivity contribution in [2.45, 2.75) is 12.6 Å². The first-order valence-electron chi connectivity index (χ1n) is 6.04. The number of nitrogens with one attached hydrogen (secondary N) is 2. The van der Waals surface area contributed by atoms with Crippen molar-refractivity contribution in [2.24, 2.45) is 5.73 Å². The van der Waals surface area contributed by atoms with Crippen molar-refractivity contribution in [2.75, 3.05) is 13.1 Å². The summed E-state index contributed by atoms with van der Waals surface area (Å²) in [6.07, 6.45) is -2.05. The van der Waals surface area contributed by atoms with Crippen molar-refractivity contribution >= 4 is 16.8 Å². The van der Waals surface area contributed by atoms with E-state index in [9.17, 15) is 18.0 Å². The van der Waals surface area contributed by atoms with Gasteiger partial charge in [0.1, 0.15) is 0 Å². The lowest BCUT2D eigenvalue weighted by Crippen LogP contribution is -2.30. The largest absolute Gasteiger partial charge is 0.401 e. The normalized spacial score (nSPS) is 11.9. The summed E-state index contributed by atoms with van der Waals surface area (Å²) in [5.74, 6) is -0.533. The number of fused-ring (bicyclic) bond motifs is 1. The van der Waals surface area contributed by atoms with E-state index in [1.807, 2.05) is 0 Å². The van der Waals surface area contributed by atoms with E-state index in [1.165, 1.54) is 0 Å². The molecule has 4 N–H and O–H groups in total. The van der Waals surface area contributed by atoms with Gasteiger partial charge in [-0.05, 0) is 36.7 Å². The Morgan fingerprint density at radius 2 is 2.10 bits per heavy atom. The standard InChI is InChI=1S/C13H14F3N3O/c14-13(15,16)7-18-4-3-9-6-19-11-2-1-8(12(17)20)5-10(9)11/h1-2,5-6,18-19H,3-4,7H2,(H2,17,20). The van der Waals surface area contributed by atoms with E-state index in [4.69, 9.17) is 5.73 Å². The fourth-order valence-electron chi connectivity index (χ4n) is 1.99. The summed E-state index contributed by atoms with van der Waals surface area (Å²) in [6, 6.07) is 4.97. The van der Waals surface area contributed by atoms with Crippen LogP contribution in [0.15, 0.2) is 24.4 Å². The molecule has 0 saturated heterocycles. The SMILES string of the molecule is NC(=O)c1ccc2[nH]cc(CCNCC(F)(F)F)c2c1. The Labute approximate surface area is 113 Å². The van der Waals surface area contributed by atoms with Gasteiger partial charge in [-0.2, -0.15) is 13.2 Å². The van der Waals surface area contributed by atoms with Crippen LogP contribution >= 0.6 is 0 Å². The number of aromatic nitrogens is 1. The van der Waals surface area contributed by atoms with Crippen LogP contribution in [-0.4, -0.2) is 30.2 Å². The zero-order chi connectivity index (χ0) is 14.8. The summed E-state index contributed by atoms with van der Waals surface area (Å²) in [4.78, 5) is 14.1. The number of primary amides is 1. The summed E-state index contributed by atoms with van der Waals surface area (Å²) in [6.45, 7) is -0.810. The van der Waals surface area contributed by atoms with Gasteiger partial charge < -0.3 is 16.0 Å². The monoisotopic (exact) mass is 285 g/mol. The van der Waals surface area contributed by atoms with Gasteiger partial charge in [0.25, 0.3) is 0 Å². The number of H-pyrrole nitrogens is 1. The summed E-state index contributed by atoms with van der Waals surface area (Å²) in [5.41, 5.74) is 7.25. The molecule has 4 nitrogen and oxygen atoms in total. The molecule has 0 aliphatic rings. The molecule has 0 bridgehead atoms. The topological polar surface area (TPSA) is 70.9 Å². The average molecular weight is 285 g/mol. The highest BCUT2D eigenvalue weighted by Crippen LogP contribution is 2.20. The first kappa shape index (κ1) is 14.4. The van der Waals surface area contributed by atoms with E-state index >= 15 is 0 Å². The number of halogens is 3. The highest BCUT2D eigenvalue weighted by atomic mass is 19.4. The molecule has 1 amide bonds. The van der Waals surface area contributed by atoms with Gasteiger partial charge in [0.15, 0.2) is 0 Å². The first-order valence-corrected chi connectivity index (χ1v) is 6.04. The molecule has 0 aliphatic heterocycles. The number of benzene rings is 1. The number of carbonyl (C=O) groups is 1. The minimum Gasteiger partial charge on any atom is -0.366 e. The van der Waals surface area contributed by atoms with Crippen molar-refractivity contribution in [1.29, 1.82) is 0 Å². The van der Waals surface area contributed by atoms with Gasteiger partial charge in [-0.1, -0.05) is 0 Å². The fourth-order valence-corrected chi connectivity index (χ4v) is 1.99. The molecular weight excluding hydrogens is 271 g/mol. The Balaban J connectivity index is 2.06. The summed E-state index contributed by atoms with van der Waals surface area (Å²) >= 11 is 0. The van der Waals surface area contributed by atoms with E-state index in [0.29, 0.717) is 12.0 Å². The van der Waals surface area contributed by atoms with Crippen molar-refractivity contribution in [3.8, 4) is 0 Å². The van der Waals surface area contributed by atoms with Crippen LogP contribution in [-0.2, 0) is 6.42 Å². The van der Waals surface area contributed by atoms with Crippen LogP contribution in [0.5, 0.6) is 0 Å². The zero-order valence-electron chi connectivity index (χ0n) is 10.6. The molecule has 0 fully saturated rings. The highest BCUT2D eigenvalue weighted by Gasteiger charge is 2.25. The molecule has 0 atom stereocenters. The minimum absolute atomic E-state index is 0.202. The molecular formula is C13H14F3N3O. The van der Waals surface area contributed by atoms with Crippen LogP contribution in [0.1, 0.15) is 15.9 Å². The molecule has 0 unspecified atom stereocenters. The Bertz CT molecular complexity index is 619. The molecule has 2 aromatic rings. The predicted octanol–water partition coefficient (Wildman–Crippen LogP) is 1.96. The van der Waals surface area contributed by atoms with Crippen LogP contribution in [0.3, 0.4) is 0 Å². The predicted molar refractivity (Wildman–Crippen MR) is 69.4 cm³/mol. The first-order chi connectivity index (χ1) is 9.37. The van der Waals surface area contributed by atoms with Gasteiger partial charge in [-0.15, -0.1) is 0 Å². The zero-order valence-corrected chi connectivity index (χ0v) is 10.6. The lowest BCUT2D eigenvalue weighted by Gasteiger charge is -2.07. The second kappa shape index (κ2) is 5.54. The van der Waals surface area contributed by atoms with Gasteiger partial charge in [0.2, 0.25) is 5.91 Å². The average Bonchev–Trinajstić information content (AvgIpc) is 2.76. The molecule has 20 heavy (non-hydrogen) atoms. The molecule has 0 radical (unpaired) electrons. The van der Waals surface area contributed by atoms with Crippen LogP contribution in [0, 0.1) is 0 Å². The minimum atomic E-state index is -4.21. The van der Waals surface area contributed by atoms with Crippen LogP contribution < -0.4 is 11.1 Å². The Hall–Kier alpha value is -2.02. The van der Waals surface area contributed by atoms with Crippen molar-refractivity contribution in [3.05, 3.63) is 35.5 Å². The second-order valence-corrected chi connectivity index (χ2v) is 4.48. The molecule has 108 valence electrons. The third-order valence-corrected chi connectivity index (χ3v) is 2.95. The molecule has 0 aliphatic carbocycles. The number of nitrogens with two attached hydrogens (primary N) is 1. The van der Waals surface area contributed by atoms with E-state index in [2.05, 4.69) is 10.3 Å².